The molecule has 6 nitrogen and oxygen atoms in total. The minimum atomic E-state index is -0.0994. The van der Waals surface area contributed by atoms with Gasteiger partial charge in [0.1, 0.15) is 18.2 Å². The number of amides is 1. The third kappa shape index (κ3) is 3.95. The summed E-state index contributed by atoms with van der Waals surface area (Å²) >= 11 is 0. The van der Waals surface area contributed by atoms with Crippen LogP contribution in [0.25, 0.3) is 6.08 Å². The first-order chi connectivity index (χ1) is 13.2. The number of carbonyl (C=O) groups is 1. The minimum absolute atomic E-state index is 0.0994. The Morgan fingerprint density at radius 3 is 2.81 bits per heavy atom. The van der Waals surface area contributed by atoms with Crippen molar-refractivity contribution in [1.29, 1.82) is 0 Å². The number of ether oxygens (including phenoxy) is 1. The van der Waals surface area contributed by atoms with Crippen LogP contribution in [0.15, 0.2) is 48.2 Å². The molecule has 0 unspecified atom stereocenters. The Morgan fingerprint density at radius 1 is 1.15 bits per heavy atom. The lowest BCUT2D eigenvalue weighted by Crippen LogP contribution is -2.45. The number of hydrogen-bond acceptors (Lipinski definition) is 5. The summed E-state index contributed by atoms with van der Waals surface area (Å²) in [6.45, 7) is 4.68. The van der Waals surface area contributed by atoms with Gasteiger partial charge in [0.2, 0.25) is 0 Å². The predicted molar refractivity (Wildman–Crippen MR) is 106 cm³/mol. The van der Waals surface area contributed by atoms with Crippen LogP contribution in [0.1, 0.15) is 11.1 Å². The van der Waals surface area contributed by atoms with Crippen molar-refractivity contribution < 1.29 is 9.53 Å². The summed E-state index contributed by atoms with van der Waals surface area (Å²) in [7, 11) is 2.13. The summed E-state index contributed by atoms with van der Waals surface area (Å²) in [4.78, 5) is 21.8. The number of benzene rings is 1. The van der Waals surface area contributed by atoms with Gasteiger partial charge in [0.15, 0.2) is 0 Å². The fourth-order valence-electron chi connectivity index (χ4n) is 3.41. The van der Waals surface area contributed by atoms with Gasteiger partial charge in [0, 0.05) is 50.0 Å². The SMILES string of the molecule is CN1CCN(c2ncccc2CNC(=O)C2=Cc3ccccc3OC2)CC1. The van der Waals surface area contributed by atoms with Crippen molar-refractivity contribution in [2.24, 2.45) is 0 Å². The largest absolute Gasteiger partial charge is 0.488 e. The number of para-hydroxylation sites is 1. The number of carbonyl (C=O) groups excluding carboxylic acids is 1. The molecular weight excluding hydrogens is 340 g/mol. The molecule has 1 saturated heterocycles. The lowest BCUT2D eigenvalue weighted by molar-refractivity contribution is -0.117. The van der Waals surface area contributed by atoms with E-state index in [4.69, 9.17) is 4.74 Å². The third-order valence-corrected chi connectivity index (χ3v) is 5.03. The maximum Gasteiger partial charge on any atom is 0.250 e. The van der Waals surface area contributed by atoms with Crippen molar-refractivity contribution in [1.82, 2.24) is 15.2 Å². The summed E-state index contributed by atoms with van der Waals surface area (Å²) < 4.78 is 5.68. The molecule has 3 heterocycles. The molecular formula is C21H24N4O2. The molecule has 2 aliphatic heterocycles. The highest BCUT2D eigenvalue weighted by Gasteiger charge is 2.20. The monoisotopic (exact) mass is 364 g/mol. The molecule has 6 heteroatoms. The van der Waals surface area contributed by atoms with Gasteiger partial charge in [-0.2, -0.15) is 0 Å². The molecule has 2 aliphatic rings. The van der Waals surface area contributed by atoms with Gasteiger partial charge in [-0.05, 0) is 25.3 Å². The average Bonchev–Trinajstić information content (AvgIpc) is 2.72. The van der Waals surface area contributed by atoms with Crippen LogP contribution in [-0.2, 0) is 11.3 Å². The first-order valence-corrected chi connectivity index (χ1v) is 9.29. The zero-order chi connectivity index (χ0) is 18.6. The van der Waals surface area contributed by atoms with E-state index in [0.29, 0.717) is 18.7 Å². The molecule has 1 aromatic carbocycles. The normalized spacial score (nSPS) is 16.9. The smallest absolute Gasteiger partial charge is 0.250 e. The Balaban J connectivity index is 1.44. The van der Waals surface area contributed by atoms with Gasteiger partial charge < -0.3 is 19.9 Å². The van der Waals surface area contributed by atoms with E-state index in [9.17, 15) is 4.79 Å². The summed E-state index contributed by atoms with van der Waals surface area (Å²) in [5.74, 6) is 1.68. The Bertz CT molecular complexity index is 857. The molecule has 1 aromatic heterocycles. The molecule has 0 aliphatic carbocycles. The van der Waals surface area contributed by atoms with Crippen LogP contribution in [0.3, 0.4) is 0 Å². The first kappa shape index (κ1) is 17.5. The average molecular weight is 364 g/mol. The van der Waals surface area contributed by atoms with Crippen LogP contribution in [0.5, 0.6) is 5.75 Å². The Labute approximate surface area is 159 Å². The number of anilines is 1. The number of pyridine rings is 1. The van der Waals surface area contributed by atoms with Gasteiger partial charge in [0.25, 0.3) is 5.91 Å². The Hall–Kier alpha value is -2.86. The van der Waals surface area contributed by atoms with E-state index < -0.39 is 0 Å². The van der Waals surface area contributed by atoms with Crippen LogP contribution in [0.2, 0.25) is 0 Å². The predicted octanol–water partition coefficient (Wildman–Crippen LogP) is 1.93. The number of hydrogen-bond donors (Lipinski definition) is 1. The highest BCUT2D eigenvalue weighted by atomic mass is 16.5. The van der Waals surface area contributed by atoms with Gasteiger partial charge in [0.05, 0.1) is 5.57 Å². The molecule has 1 fully saturated rings. The molecule has 0 saturated carbocycles. The van der Waals surface area contributed by atoms with E-state index in [1.165, 1.54) is 0 Å². The van der Waals surface area contributed by atoms with Gasteiger partial charge in [-0.15, -0.1) is 0 Å². The zero-order valence-corrected chi connectivity index (χ0v) is 15.5. The molecule has 0 atom stereocenters. The molecule has 0 bridgehead atoms. The van der Waals surface area contributed by atoms with Gasteiger partial charge in [-0.1, -0.05) is 24.3 Å². The first-order valence-electron chi connectivity index (χ1n) is 9.29. The second-order valence-electron chi connectivity index (χ2n) is 6.96. The highest BCUT2D eigenvalue weighted by molar-refractivity contribution is 5.99. The Morgan fingerprint density at radius 2 is 1.96 bits per heavy atom. The summed E-state index contributed by atoms with van der Waals surface area (Å²) in [5.41, 5.74) is 2.61. The fraction of sp³-hybridized carbons (Fsp3) is 0.333. The van der Waals surface area contributed by atoms with E-state index in [0.717, 1.165) is 48.9 Å². The molecule has 1 amide bonds. The van der Waals surface area contributed by atoms with Crippen LogP contribution in [-0.4, -0.2) is 55.6 Å². The van der Waals surface area contributed by atoms with Crippen molar-refractivity contribution >= 4 is 17.8 Å². The molecule has 4 rings (SSSR count). The lowest BCUT2D eigenvalue weighted by Gasteiger charge is -2.34. The van der Waals surface area contributed by atoms with E-state index >= 15 is 0 Å². The maximum atomic E-state index is 12.6. The van der Waals surface area contributed by atoms with E-state index in [1.54, 1.807) is 0 Å². The fourth-order valence-corrected chi connectivity index (χ4v) is 3.41. The van der Waals surface area contributed by atoms with Crippen molar-refractivity contribution in [3.05, 3.63) is 59.3 Å². The van der Waals surface area contributed by atoms with E-state index in [2.05, 4.69) is 27.1 Å². The molecule has 27 heavy (non-hydrogen) atoms. The third-order valence-electron chi connectivity index (χ3n) is 5.03. The van der Waals surface area contributed by atoms with Crippen LogP contribution >= 0.6 is 0 Å². The van der Waals surface area contributed by atoms with Crippen molar-refractivity contribution in [2.75, 3.05) is 44.7 Å². The second kappa shape index (κ2) is 7.80. The highest BCUT2D eigenvalue weighted by Crippen LogP contribution is 2.26. The van der Waals surface area contributed by atoms with Crippen molar-refractivity contribution in [3.63, 3.8) is 0 Å². The van der Waals surface area contributed by atoms with Gasteiger partial charge in [-0.25, -0.2) is 4.98 Å². The zero-order valence-electron chi connectivity index (χ0n) is 15.5. The molecule has 0 spiro atoms. The topological polar surface area (TPSA) is 57.7 Å². The number of rotatable bonds is 4. The molecule has 0 radical (unpaired) electrons. The molecule has 2 aromatic rings. The number of nitrogens with zero attached hydrogens (tertiary/aromatic N) is 3. The number of fused-ring (bicyclic) bond motifs is 1. The van der Waals surface area contributed by atoms with Crippen LogP contribution in [0, 0.1) is 0 Å². The van der Waals surface area contributed by atoms with Gasteiger partial charge >= 0.3 is 0 Å². The second-order valence-corrected chi connectivity index (χ2v) is 6.96. The number of likely N-dealkylation sites (N-methyl/N-ethyl adjacent to an activating group) is 1. The quantitative estimate of drug-likeness (QED) is 0.898. The van der Waals surface area contributed by atoms with Gasteiger partial charge in [-0.3, -0.25) is 4.79 Å². The van der Waals surface area contributed by atoms with E-state index in [-0.39, 0.29) is 5.91 Å². The Kier molecular flexibility index (Phi) is 5.07. The number of piperazine rings is 1. The number of nitrogens with one attached hydrogen (secondary N) is 1. The standard InChI is InChI=1S/C21H24N4O2/c1-24-9-11-25(12-10-24)20-17(6-4-8-22-20)14-23-21(26)18-13-16-5-2-3-7-19(16)27-15-18/h2-8,13H,9-12,14-15H2,1H3,(H,23,26). The van der Waals surface area contributed by atoms with Crippen molar-refractivity contribution in [2.45, 2.75) is 6.54 Å². The van der Waals surface area contributed by atoms with Crippen molar-refractivity contribution in [3.8, 4) is 5.75 Å². The molecule has 140 valence electrons. The number of aromatic nitrogens is 1. The lowest BCUT2D eigenvalue weighted by atomic mass is 10.1. The van der Waals surface area contributed by atoms with E-state index in [1.807, 2.05) is 48.7 Å². The molecule has 1 N–H and O–H groups in total. The maximum absolute atomic E-state index is 12.6. The summed E-state index contributed by atoms with van der Waals surface area (Å²) in [5, 5.41) is 3.02. The summed E-state index contributed by atoms with van der Waals surface area (Å²) in [6.07, 6.45) is 3.71. The summed E-state index contributed by atoms with van der Waals surface area (Å²) in [6, 6.07) is 11.7. The van der Waals surface area contributed by atoms with Crippen LogP contribution in [0.4, 0.5) is 5.82 Å². The minimum Gasteiger partial charge on any atom is -0.488 e. The van der Waals surface area contributed by atoms with Crippen LogP contribution < -0.4 is 15.0 Å².